The molecule has 0 aromatic heterocycles. The number of ether oxygens (including phenoxy) is 8. The number of aliphatic hydroxyl groups is 2. The number of hydrogen-bond acceptors (Lipinski definition) is 20. The average Bonchev–Trinajstić information content (AvgIpc) is 3.26. The molecule has 2 saturated heterocycles. The molecule has 5 rings (SSSR count). The first-order valence-electron chi connectivity index (χ1n) is 18.7. The standard InChI is InChI=1S/2C9H9NO3.2C9H17O6.C6H6.2O.2V/c2*11-8-4-2-1-3-7(8)5-10-6-9(12)13;2*1-12-4-5-8(13-2)6(10)7(11)9(14-3)15-5;1-2-4-6-5-3-1;;;;/h2*1-5,11H,6H2,(H,12,13);2*5-10H,4H2,1-3H3;1-6H;;;;/q;;2*-1;;2*-2;;/p-4/t;;2*5-,6-,7+,8-,9+;;;;;/m..11...../s1. The molecule has 3 aromatic carbocycles. The van der Waals surface area contributed by atoms with Gasteiger partial charge in [-0.2, -0.15) is 0 Å². The number of aliphatic hydroxyl groups excluding tert-OH is 2. The smallest absolute Gasteiger partial charge is 0.148 e. The fourth-order valence-corrected chi connectivity index (χ4v) is 5.34. The zero-order valence-electron chi connectivity index (χ0n) is 36.9. The van der Waals surface area contributed by atoms with Crippen molar-refractivity contribution in [3.05, 3.63) is 96.1 Å². The molecule has 0 amide bonds. The van der Waals surface area contributed by atoms with Gasteiger partial charge in [-0.1, -0.05) is 84.9 Å². The van der Waals surface area contributed by atoms with Crippen molar-refractivity contribution in [1.82, 2.24) is 0 Å². The molecule has 2 aliphatic rings. The van der Waals surface area contributed by atoms with Crippen LogP contribution in [0.3, 0.4) is 0 Å². The van der Waals surface area contributed by atoms with Gasteiger partial charge in [0.15, 0.2) is 0 Å². The Kier molecular flexibility index (Phi) is 41.9. The minimum Gasteiger partial charge on any atom is -2.00 e. The fourth-order valence-electron chi connectivity index (χ4n) is 5.34. The molecule has 3 aromatic rings. The van der Waals surface area contributed by atoms with E-state index in [4.69, 9.17) is 37.9 Å². The Balaban J connectivity index is -0.000000365. The Morgan fingerprint density at radius 2 is 0.879 bits per heavy atom. The maximum absolute atomic E-state index is 11.5. The van der Waals surface area contributed by atoms with E-state index in [1.54, 1.807) is 36.4 Å². The van der Waals surface area contributed by atoms with Crippen molar-refractivity contribution in [2.24, 2.45) is 9.98 Å². The summed E-state index contributed by atoms with van der Waals surface area (Å²) >= 11 is 0. The van der Waals surface area contributed by atoms with Crippen LogP contribution in [0.25, 0.3) is 0 Å². The van der Waals surface area contributed by atoms with Crippen molar-refractivity contribution >= 4 is 24.4 Å². The molecular formula is C42H54N2O20V2-10. The maximum atomic E-state index is 11.5. The largest absolute Gasteiger partial charge is 2.00 e. The van der Waals surface area contributed by atoms with E-state index >= 15 is 0 Å². The van der Waals surface area contributed by atoms with Gasteiger partial charge in [-0.05, 0) is 23.3 Å². The molecule has 0 bridgehead atoms. The summed E-state index contributed by atoms with van der Waals surface area (Å²) in [6.45, 7) is -0.368. The molecule has 372 valence electrons. The van der Waals surface area contributed by atoms with Gasteiger partial charge in [0.05, 0.1) is 50.4 Å². The minimum absolute atomic E-state index is 0. The number of methoxy groups -OCH3 is 6. The SMILES string of the molecule is COC[C@H]1O[C@H](OC)[C@@H]([O-])[C@@H](O)[C@@H]1OC.COC[C@H]1O[C@H](OC)[C@@H]([O-])[C@@H](O)[C@@H]1OC.O=C([O-])CN=Cc1ccccc1[O-].O=C([O-])CN=Cc1ccccc1[O-].[O-2].[O-2].[V].[V].c1ccccc1. The van der Waals surface area contributed by atoms with E-state index in [-0.39, 0.29) is 72.8 Å². The van der Waals surface area contributed by atoms with E-state index in [0.29, 0.717) is 11.1 Å². The number of carboxylic acid groups (broad SMARTS) is 2. The van der Waals surface area contributed by atoms with Crippen LogP contribution in [0, 0.1) is 0 Å². The second-order valence-corrected chi connectivity index (χ2v) is 12.7. The predicted molar refractivity (Wildman–Crippen MR) is 211 cm³/mol. The number of aliphatic imine (C=N–C) groups is 2. The van der Waals surface area contributed by atoms with E-state index in [9.17, 15) is 50.4 Å². The number of aliphatic carboxylic acids is 2. The number of rotatable bonds is 14. The van der Waals surface area contributed by atoms with E-state index in [2.05, 4.69) is 9.98 Å². The number of carbonyl (C=O) groups excluding carboxylic acids is 2. The van der Waals surface area contributed by atoms with E-state index in [1.807, 2.05) is 36.4 Å². The molecule has 0 saturated carbocycles. The Morgan fingerprint density at radius 3 is 1.12 bits per heavy atom. The van der Waals surface area contributed by atoms with Crippen LogP contribution in [0.5, 0.6) is 11.5 Å². The van der Waals surface area contributed by atoms with E-state index in [1.165, 1.54) is 67.2 Å². The van der Waals surface area contributed by atoms with Gasteiger partial charge in [0.25, 0.3) is 0 Å². The first kappa shape index (κ1) is 68.7. The average molecular weight is 1010 g/mol. The van der Waals surface area contributed by atoms with Crippen LogP contribution in [-0.4, -0.2) is 165 Å². The Morgan fingerprint density at radius 1 is 0.576 bits per heavy atom. The number of hydrogen-bond donors (Lipinski definition) is 2. The topological polar surface area (TPSA) is 369 Å². The summed E-state index contributed by atoms with van der Waals surface area (Å²) in [7, 11) is 8.57. The van der Waals surface area contributed by atoms with Crippen LogP contribution in [0.15, 0.2) is 94.9 Å². The first-order chi connectivity index (χ1) is 29.7. The van der Waals surface area contributed by atoms with E-state index < -0.39 is 86.4 Å². The summed E-state index contributed by atoms with van der Waals surface area (Å²) in [6.07, 6.45) is -6.87. The van der Waals surface area contributed by atoms with Gasteiger partial charge < -0.3 is 99.3 Å². The molecule has 2 fully saturated rings. The number of carboxylic acids is 2. The normalized spacial score (nSPS) is 23.8. The van der Waals surface area contributed by atoms with Gasteiger partial charge >= 0.3 is 0 Å². The second kappa shape index (κ2) is 40.2. The summed E-state index contributed by atoms with van der Waals surface area (Å²) in [6, 6.07) is 24.5. The second-order valence-electron chi connectivity index (χ2n) is 12.7. The number of benzene rings is 3. The van der Waals surface area contributed by atoms with Crippen molar-refractivity contribution < 1.29 is 136 Å². The van der Waals surface area contributed by atoms with Gasteiger partial charge in [-0.25, -0.2) is 0 Å². The summed E-state index contributed by atoms with van der Waals surface area (Å²) in [4.78, 5) is 27.0. The molecule has 24 heteroatoms. The summed E-state index contributed by atoms with van der Waals surface area (Å²) in [5.41, 5.74) is 0.757. The van der Waals surface area contributed by atoms with Crippen LogP contribution in [-0.2, 0) is 95.5 Å². The van der Waals surface area contributed by atoms with Crippen molar-refractivity contribution in [3.63, 3.8) is 0 Å². The zero-order chi connectivity index (χ0) is 46.5. The van der Waals surface area contributed by atoms with Gasteiger partial charge in [0.1, 0.15) is 37.0 Å². The molecule has 2 heterocycles. The van der Waals surface area contributed by atoms with Crippen molar-refractivity contribution in [3.8, 4) is 11.5 Å². The van der Waals surface area contributed by atoms with Crippen LogP contribution in [0.4, 0.5) is 0 Å². The minimum atomic E-state index is -1.37. The Hall–Kier alpha value is -3.85. The summed E-state index contributed by atoms with van der Waals surface area (Å²) in [5.74, 6) is -2.88. The Labute approximate surface area is 407 Å². The van der Waals surface area contributed by atoms with Gasteiger partial charge in [-0.3, -0.25) is 9.98 Å². The molecule has 10 atom stereocenters. The van der Waals surface area contributed by atoms with Crippen LogP contribution < -0.4 is 30.6 Å². The third-order valence-electron chi connectivity index (χ3n) is 8.31. The number of carbonyl (C=O) groups is 2. The van der Waals surface area contributed by atoms with E-state index in [0.717, 1.165) is 0 Å². The molecule has 2 N–H and O–H groups in total. The van der Waals surface area contributed by atoms with Crippen LogP contribution >= 0.6 is 0 Å². The molecule has 2 aliphatic heterocycles. The van der Waals surface area contributed by atoms with Crippen molar-refractivity contribution in [2.45, 2.75) is 61.4 Å². The first-order valence-corrected chi connectivity index (χ1v) is 18.7. The van der Waals surface area contributed by atoms with Gasteiger partial charge in [0, 0.05) is 92.2 Å². The Bertz CT molecular complexity index is 1590. The molecule has 0 unspecified atom stereocenters. The maximum Gasteiger partial charge on any atom is 0.148 e. The zero-order valence-corrected chi connectivity index (χ0v) is 39.7. The van der Waals surface area contributed by atoms with Crippen molar-refractivity contribution in [2.75, 3.05) is 69.0 Å². The third-order valence-corrected chi connectivity index (χ3v) is 8.31. The predicted octanol–water partition coefficient (Wildman–Crippen LogP) is -4.48. The molecule has 66 heavy (non-hydrogen) atoms. The summed E-state index contributed by atoms with van der Waals surface area (Å²) in [5, 5.41) is 84.5. The van der Waals surface area contributed by atoms with Gasteiger partial charge in [-0.15, -0.1) is 11.5 Å². The molecule has 0 spiro atoms. The van der Waals surface area contributed by atoms with Crippen molar-refractivity contribution in [1.29, 1.82) is 0 Å². The molecule has 22 nitrogen and oxygen atoms in total. The third kappa shape index (κ3) is 25.9. The number of para-hydroxylation sites is 2. The molecule has 0 aliphatic carbocycles. The fraction of sp³-hybridized carbons (Fsp3) is 0.476. The molecule has 2 radical (unpaired) electrons. The van der Waals surface area contributed by atoms with Crippen LogP contribution in [0.1, 0.15) is 11.1 Å². The quantitative estimate of drug-likeness (QED) is 0.144. The molecular weight excluding hydrogens is 954 g/mol. The van der Waals surface area contributed by atoms with Gasteiger partial charge in [0.2, 0.25) is 0 Å². The van der Waals surface area contributed by atoms with Crippen LogP contribution in [0.2, 0.25) is 0 Å². The number of nitrogens with zero attached hydrogens (tertiary/aromatic N) is 2. The monoisotopic (exact) mass is 1010 g/mol. The summed E-state index contributed by atoms with van der Waals surface area (Å²) < 4.78 is 40.2.